The average molecular weight is 308 g/mol. The number of carboxylic acid groups (broad SMARTS) is 4. The van der Waals surface area contributed by atoms with E-state index in [1.807, 2.05) is 0 Å². The van der Waals surface area contributed by atoms with Crippen molar-refractivity contribution in [2.24, 2.45) is 0 Å². The van der Waals surface area contributed by atoms with Crippen LogP contribution in [0.2, 0.25) is 0 Å². The topological polar surface area (TPSA) is 158 Å². The summed E-state index contributed by atoms with van der Waals surface area (Å²) in [4.78, 5) is 44.5. The molecule has 1 aromatic rings. The van der Waals surface area contributed by atoms with E-state index >= 15 is 0 Å². The number of hydrogen-bond acceptors (Lipinski definition) is 5. The highest BCUT2D eigenvalue weighted by atomic mass is 16.5. The van der Waals surface area contributed by atoms with Gasteiger partial charge in [0.05, 0.1) is 22.3 Å². The first-order valence-electron chi connectivity index (χ1n) is 5.71. The molecule has 2 rings (SSSR count). The van der Waals surface area contributed by atoms with Crippen LogP contribution in [0, 0.1) is 0 Å². The molecule has 0 bridgehead atoms. The summed E-state index contributed by atoms with van der Waals surface area (Å²) in [6.07, 6.45) is 0. The number of carboxylic acids is 4. The third-order valence-corrected chi connectivity index (χ3v) is 3.00. The van der Waals surface area contributed by atoms with Gasteiger partial charge in [-0.3, -0.25) is 0 Å². The van der Waals surface area contributed by atoms with E-state index in [-0.39, 0.29) is 11.3 Å². The zero-order chi connectivity index (χ0) is 16.6. The van der Waals surface area contributed by atoms with Gasteiger partial charge in [0.1, 0.15) is 12.4 Å². The van der Waals surface area contributed by atoms with Crippen molar-refractivity contribution in [3.8, 4) is 5.75 Å². The molecule has 1 heterocycles. The maximum atomic E-state index is 11.3. The Morgan fingerprint density at radius 3 is 1.82 bits per heavy atom. The molecule has 9 nitrogen and oxygen atoms in total. The number of fused-ring (bicyclic) bond motifs is 1. The third kappa shape index (κ3) is 2.35. The fraction of sp³-hybridized carbons (Fsp3) is 0.0769. The van der Waals surface area contributed by atoms with Gasteiger partial charge in [-0.05, 0) is 12.1 Å². The predicted octanol–water partition coefficient (Wildman–Crippen LogP) is 0.398. The standard InChI is InChI=1S/C13H8O9/c14-10(15)4-1-6-8(2-5(4)11(16)17)22-3-7(12(18)19)9(6)13(20)21/h1-2H,3H2,(H,14,15)(H,16,17)(H,18,19)(H,20,21). The van der Waals surface area contributed by atoms with Crippen molar-refractivity contribution in [2.75, 3.05) is 6.61 Å². The SMILES string of the molecule is O=C(O)C1=C(C(=O)O)c2cc(C(=O)O)c(C(=O)O)cc2OC1. The van der Waals surface area contributed by atoms with Crippen LogP contribution in [0.3, 0.4) is 0 Å². The quantitative estimate of drug-likeness (QED) is 0.617. The molecule has 0 aromatic heterocycles. The van der Waals surface area contributed by atoms with Crippen molar-refractivity contribution in [1.82, 2.24) is 0 Å². The molecule has 9 heteroatoms. The van der Waals surface area contributed by atoms with Crippen molar-refractivity contribution >= 4 is 29.5 Å². The molecule has 22 heavy (non-hydrogen) atoms. The van der Waals surface area contributed by atoms with Gasteiger partial charge in [-0.1, -0.05) is 0 Å². The molecular formula is C13H8O9. The number of aromatic carboxylic acids is 2. The lowest BCUT2D eigenvalue weighted by atomic mass is 9.93. The summed E-state index contributed by atoms with van der Waals surface area (Å²) in [7, 11) is 0. The number of hydrogen-bond donors (Lipinski definition) is 4. The summed E-state index contributed by atoms with van der Waals surface area (Å²) < 4.78 is 5.05. The third-order valence-electron chi connectivity index (χ3n) is 3.00. The largest absolute Gasteiger partial charge is 0.488 e. The molecule has 0 atom stereocenters. The summed E-state index contributed by atoms with van der Waals surface area (Å²) in [6, 6.07) is 1.65. The monoisotopic (exact) mass is 308 g/mol. The number of ether oxygens (including phenoxy) is 1. The van der Waals surface area contributed by atoms with Gasteiger partial charge < -0.3 is 25.2 Å². The Balaban J connectivity index is 2.81. The Hall–Kier alpha value is -3.36. The van der Waals surface area contributed by atoms with E-state index in [2.05, 4.69) is 0 Å². The molecule has 4 N–H and O–H groups in total. The molecule has 0 aliphatic carbocycles. The molecule has 114 valence electrons. The number of carbonyl (C=O) groups is 4. The summed E-state index contributed by atoms with van der Waals surface area (Å²) >= 11 is 0. The van der Waals surface area contributed by atoms with Crippen molar-refractivity contribution in [3.05, 3.63) is 34.4 Å². The zero-order valence-electron chi connectivity index (χ0n) is 10.7. The number of rotatable bonds is 4. The first-order valence-corrected chi connectivity index (χ1v) is 5.71. The fourth-order valence-corrected chi connectivity index (χ4v) is 2.05. The van der Waals surface area contributed by atoms with Gasteiger partial charge in [0.2, 0.25) is 0 Å². The van der Waals surface area contributed by atoms with Crippen LogP contribution in [0.1, 0.15) is 26.3 Å². The number of benzene rings is 1. The molecule has 0 spiro atoms. The maximum Gasteiger partial charge on any atom is 0.337 e. The van der Waals surface area contributed by atoms with Crippen LogP contribution in [-0.2, 0) is 9.59 Å². The normalized spacial score (nSPS) is 13.1. The molecule has 0 saturated heterocycles. The van der Waals surface area contributed by atoms with Gasteiger partial charge in [-0.25, -0.2) is 19.2 Å². The average Bonchev–Trinajstić information content (AvgIpc) is 2.43. The van der Waals surface area contributed by atoms with E-state index in [1.165, 1.54) is 0 Å². The highest BCUT2D eigenvalue weighted by molar-refractivity contribution is 6.23. The van der Waals surface area contributed by atoms with E-state index in [1.54, 1.807) is 0 Å². The van der Waals surface area contributed by atoms with Crippen molar-refractivity contribution in [2.45, 2.75) is 0 Å². The van der Waals surface area contributed by atoms with E-state index in [9.17, 15) is 24.3 Å². The Morgan fingerprint density at radius 1 is 0.818 bits per heavy atom. The molecule has 0 saturated carbocycles. The minimum Gasteiger partial charge on any atom is -0.488 e. The minimum atomic E-state index is -1.59. The summed E-state index contributed by atoms with van der Waals surface area (Å²) in [5, 5.41) is 36.2. The highest BCUT2D eigenvalue weighted by Crippen LogP contribution is 2.36. The zero-order valence-corrected chi connectivity index (χ0v) is 10.7. The molecule has 0 radical (unpaired) electrons. The van der Waals surface area contributed by atoms with Crippen LogP contribution in [0.25, 0.3) is 5.57 Å². The Morgan fingerprint density at radius 2 is 1.36 bits per heavy atom. The minimum absolute atomic E-state index is 0.204. The van der Waals surface area contributed by atoms with Gasteiger partial charge in [0, 0.05) is 5.56 Å². The second-order valence-electron chi connectivity index (χ2n) is 4.26. The van der Waals surface area contributed by atoms with Crippen LogP contribution in [0.4, 0.5) is 0 Å². The van der Waals surface area contributed by atoms with Crippen LogP contribution in [0.5, 0.6) is 5.75 Å². The summed E-state index contributed by atoms with van der Waals surface area (Å²) in [5.74, 6) is -6.44. The highest BCUT2D eigenvalue weighted by Gasteiger charge is 2.32. The second-order valence-corrected chi connectivity index (χ2v) is 4.26. The van der Waals surface area contributed by atoms with E-state index in [4.69, 9.17) is 20.1 Å². The van der Waals surface area contributed by atoms with Gasteiger partial charge in [0.25, 0.3) is 0 Å². The Labute approximate surface area is 121 Å². The van der Waals surface area contributed by atoms with Gasteiger partial charge in [-0.15, -0.1) is 0 Å². The second kappa shape index (κ2) is 5.20. The van der Waals surface area contributed by atoms with Crippen molar-refractivity contribution < 1.29 is 44.3 Å². The maximum absolute atomic E-state index is 11.3. The van der Waals surface area contributed by atoms with Crippen molar-refractivity contribution in [1.29, 1.82) is 0 Å². The van der Waals surface area contributed by atoms with Gasteiger partial charge in [-0.2, -0.15) is 0 Å². The lowest BCUT2D eigenvalue weighted by Gasteiger charge is -2.21. The summed E-state index contributed by atoms with van der Waals surface area (Å²) in [6.45, 7) is -0.574. The molecule has 0 fully saturated rings. The molecule has 1 aromatic carbocycles. The molecule has 1 aliphatic rings. The van der Waals surface area contributed by atoms with Gasteiger partial charge in [0.15, 0.2) is 0 Å². The Kier molecular flexibility index (Phi) is 3.56. The fourth-order valence-electron chi connectivity index (χ4n) is 2.05. The van der Waals surface area contributed by atoms with E-state index in [0.29, 0.717) is 0 Å². The van der Waals surface area contributed by atoms with Crippen LogP contribution < -0.4 is 4.74 Å². The molecule has 0 amide bonds. The van der Waals surface area contributed by atoms with Crippen LogP contribution >= 0.6 is 0 Å². The first-order chi connectivity index (χ1) is 10.2. The lowest BCUT2D eigenvalue weighted by molar-refractivity contribution is -0.134. The van der Waals surface area contributed by atoms with E-state index in [0.717, 1.165) is 12.1 Å². The first kappa shape index (κ1) is 15.0. The van der Waals surface area contributed by atoms with Crippen LogP contribution in [-0.4, -0.2) is 50.9 Å². The molecule has 0 unspecified atom stereocenters. The smallest absolute Gasteiger partial charge is 0.337 e. The van der Waals surface area contributed by atoms with E-state index < -0.39 is 52.8 Å². The van der Waals surface area contributed by atoms with Crippen LogP contribution in [0.15, 0.2) is 17.7 Å². The molecular weight excluding hydrogens is 300 g/mol. The van der Waals surface area contributed by atoms with Gasteiger partial charge >= 0.3 is 23.9 Å². The Bertz CT molecular complexity index is 757. The molecule has 1 aliphatic heterocycles. The van der Waals surface area contributed by atoms with Crippen molar-refractivity contribution in [3.63, 3.8) is 0 Å². The summed E-state index contributed by atoms with van der Waals surface area (Å²) in [5.41, 5.74) is -2.74. The predicted molar refractivity (Wildman–Crippen MR) is 68.0 cm³/mol. The number of aliphatic carboxylic acids is 2. The lowest BCUT2D eigenvalue weighted by Crippen LogP contribution is -2.22.